The highest BCUT2D eigenvalue weighted by Gasteiger charge is 2.53. The highest BCUT2D eigenvalue weighted by atomic mass is 28.4. The second-order valence-electron chi connectivity index (χ2n) is 11.1. The third kappa shape index (κ3) is 5.76. The number of esters is 1. The van der Waals surface area contributed by atoms with Crippen LogP contribution < -0.4 is 10.4 Å². The quantitative estimate of drug-likeness (QED) is 0.306. The molecular weight excluding hydrogens is 484 g/mol. The molecule has 0 saturated carbocycles. The fourth-order valence-electron chi connectivity index (χ4n) is 5.92. The summed E-state index contributed by atoms with van der Waals surface area (Å²) < 4.78 is 24.4. The Bertz CT molecular complexity index is 1010. The lowest BCUT2D eigenvalue weighted by atomic mass is 9.86. The second kappa shape index (κ2) is 11.6. The van der Waals surface area contributed by atoms with Crippen molar-refractivity contribution < 1.29 is 28.5 Å². The lowest BCUT2D eigenvalue weighted by molar-refractivity contribution is -0.184. The summed E-state index contributed by atoms with van der Waals surface area (Å²) in [5.74, 6) is -0.421. The summed E-state index contributed by atoms with van der Waals surface area (Å²) in [4.78, 5) is 11.5. The van der Waals surface area contributed by atoms with Crippen LogP contribution in [0, 0.1) is 0 Å². The number of rotatable bonds is 9. The summed E-state index contributed by atoms with van der Waals surface area (Å²) in [6.45, 7) is 7.28. The molecule has 4 atom stereocenters. The average molecular weight is 525 g/mol. The molecule has 0 amide bonds. The molecule has 0 bridgehead atoms. The number of aliphatic hydroxyl groups is 1. The van der Waals surface area contributed by atoms with Gasteiger partial charge in [0.15, 0.2) is 0 Å². The van der Waals surface area contributed by atoms with E-state index < -0.39 is 19.9 Å². The van der Waals surface area contributed by atoms with E-state index in [9.17, 15) is 9.90 Å². The van der Waals surface area contributed by atoms with Crippen LogP contribution in [-0.2, 0) is 23.4 Å². The number of benzene rings is 2. The number of fused-ring (bicyclic) bond motifs is 1. The molecule has 2 heterocycles. The van der Waals surface area contributed by atoms with Crippen molar-refractivity contribution in [1.29, 1.82) is 0 Å². The summed E-state index contributed by atoms with van der Waals surface area (Å²) in [5, 5.41) is 12.8. The Kier molecular flexibility index (Phi) is 8.71. The van der Waals surface area contributed by atoms with Gasteiger partial charge in [0.1, 0.15) is 5.60 Å². The van der Waals surface area contributed by atoms with Crippen LogP contribution in [-0.4, -0.2) is 63.6 Å². The molecule has 200 valence electrons. The van der Waals surface area contributed by atoms with E-state index >= 15 is 0 Å². The molecule has 4 unspecified atom stereocenters. The van der Waals surface area contributed by atoms with E-state index in [1.807, 2.05) is 12.1 Å². The van der Waals surface area contributed by atoms with Gasteiger partial charge in [0.2, 0.25) is 0 Å². The van der Waals surface area contributed by atoms with Gasteiger partial charge in [-0.3, -0.25) is 0 Å². The summed E-state index contributed by atoms with van der Waals surface area (Å²) >= 11 is 0. The molecule has 1 N–H and O–H groups in total. The molecule has 37 heavy (non-hydrogen) atoms. The van der Waals surface area contributed by atoms with Gasteiger partial charge in [-0.1, -0.05) is 81.4 Å². The Morgan fingerprint density at radius 3 is 2.24 bits per heavy atom. The first-order chi connectivity index (χ1) is 17.7. The highest BCUT2D eigenvalue weighted by Crippen LogP contribution is 2.43. The van der Waals surface area contributed by atoms with Gasteiger partial charge >= 0.3 is 5.97 Å². The van der Waals surface area contributed by atoms with Crippen molar-refractivity contribution in [2.24, 2.45) is 0 Å². The van der Waals surface area contributed by atoms with Crippen LogP contribution in [0.3, 0.4) is 0 Å². The minimum Gasteiger partial charge on any atom is -0.466 e. The summed E-state index contributed by atoms with van der Waals surface area (Å²) in [6.07, 6.45) is 5.44. The van der Waals surface area contributed by atoms with E-state index in [1.54, 1.807) is 6.08 Å². The lowest BCUT2D eigenvalue weighted by Gasteiger charge is -2.44. The van der Waals surface area contributed by atoms with Gasteiger partial charge in [-0.15, -0.1) is 0 Å². The normalized spacial score (nSPS) is 26.2. The predicted octanol–water partition coefficient (Wildman–Crippen LogP) is 3.75. The van der Waals surface area contributed by atoms with Crippen LogP contribution in [0.25, 0.3) is 0 Å². The van der Waals surface area contributed by atoms with Gasteiger partial charge < -0.3 is 23.7 Å². The maximum atomic E-state index is 11.5. The molecule has 0 aliphatic carbocycles. The molecule has 0 radical (unpaired) electrons. The third-order valence-electron chi connectivity index (χ3n) is 7.72. The van der Waals surface area contributed by atoms with Crippen LogP contribution in [0.2, 0.25) is 5.04 Å². The van der Waals surface area contributed by atoms with Crippen molar-refractivity contribution in [2.75, 3.05) is 20.3 Å². The zero-order valence-corrected chi connectivity index (χ0v) is 23.4. The van der Waals surface area contributed by atoms with Gasteiger partial charge in [0, 0.05) is 19.1 Å². The Morgan fingerprint density at radius 2 is 1.70 bits per heavy atom. The third-order valence-corrected chi connectivity index (χ3v) is 12.8. The number of carbonyl (C=O) groups excluding carboxylic acids is 1. The standard InChI is InChI=1S/C30H40O6Si/c1-29(2,3)37(25-11-7-5-8-12-25,26-13-9-6-10-14-26)34-20-19-23-15-17-27-30(22-31,36-23)21-24(35-27)16-18-28(32)33-4/h5-14,16,18,23-24,27,31H,15,17,19-22H2,1-4H3/b18-16+. The van der Waals surface area contributed by atoms with E-state index in [1.165, 1.54) is 23.6 Å². The molecule has 2 aromatic carbocycles. The maximum absolute atomic E-state index is 11.5. The van der Waals surface area contributed by atoms with Gasteiger partial charge in [0.05, 0.1) is 32.0 Å². The van der Waals surface area contributed by atoms with Gasteiger partial charge in [-0.25, -0.2) is 4.79 Å². The van der Waals surface area contributed by atoms with Crippen molar-refractivity contribution in [3.63, 3.8) is 0 Å². The fraction of sp³-hybridized carbons (Fsp3) is 0.500. The van der Waals surface area contributed by atoms with Gasteiger partial charge in [0.25, 0.3) is 8.32 Å². The molecule has 2 fully saturated rings. The SMILES string of the molecule is COC(=O)/C=C/C1CC2(CO)OC(CCO[Si](c3ccccc3)(c3ccccc3)C(C)(C)C)CCC2O1. The Balaban J connectivity index is 1.49. The lowest BCUT2D eigenvalue weighted by Crippen LogP contribution is -2.66. The highest BCUT2D eigenvalue weighted by molar-refractivity contribution is 6.99. The van der Waals surface area contributed by atoms with Crippen LogP contribution in [0.15, 0.2) is 72.8 Å². The topological polar surface area (TPSA) is 74.2 Å². The van der Waals surface area contributed by atoms with Gasteiger partial charge in [-0.05, 0) is 40.8 Å². The largest absolute Gasteiger partial charge is 0.466 e. The zero-order chi connectivity index (χ0) is 26.5. The molecule has 2 saturated heterocycles. The van der Waals surface area contributed by atoms with E-state index in [0.29, 0.717) is 13.0 Å². The van der Waals surface area contributed by atoms with E-state index in [-0.39, 0.29) is 30.0 Å². The fourth-order valence-corrected chi connectivity index (χ4v) is 10.5. The Morgan fingerprint density at radius 1 is 1.08 bits per heavy atom. The van der Waals surface area contributed by atoms with E-state index in [2.05, 4.69) is 74.0 Å². The minimum atomic E-state index is -2.61. The van der Waals surface area contributed by atoms with Crippen LogP contribution in [0.1, 0.15) is 46.5 Å². The molecule has 6 nitrogen and oxygen atoms in total. The molecule has 7 heteroatoms. The number of ether oxygens (including phenoxy) is 3. The Labute approximate surface area is 221 Å². The molecule has 2 aliphatic heterocycles. The molecule has 2 aliphatic rings. The Hall–Kier alpha value is -2.29. The van der Waals surface area contributed by atoms with Gasteiger partial charge in [-0.2, -0.15) is 0 Å². The van der Waals surface area contributed by atoms with Crippen LogP contribution >= 0.6 is 0 Å². The van der Waals surface area contributed by atoms with Crippen LogP contribution in [0.4, 0.5) is 0 Å². The minimum absolute atomic E-state index is 0.0337. The summed E-state index contributed by atoms with van der Waals surface area (Å²) in [7, 11) is -1.26. The van der Waals surface area contributed by atoms with Crippen molar-refractivity contribution in [3.8, 4) is 0 Å². The van der Waals surface area contributed by atoms with E-state index in [4.69, 9.17) is 13.9 Å². The monoisotopic (exact) mass is 524 g/mol. The number of aliphatic hydroxyl groups excluding tert-OH is 1. The number of carbonyl (C=O) groups is 1. The zero-order valence-electron chi connectivity index (χ0n) is 22.4. The van der Waals surface area contributed by atoms with Crippen molar-refractivity contribution in [3.05, 3.63) is 72.8 Å². The number of methoxy groups -OCH3 is 1. The first-order valence-corrected chi connectivity index (χ1v) is 15.1. The maximum Gasteiger partial charge on any atom is 0.330 e. The van der Waals surface area contributed by atoms with E-state index in [0.717, 1.165) is 19.3 Å². The van der Waals surface area contributed by atoms with Crippen LogP contribution in [0.5, 0.6) is 0 Å². The first kappa shape index (κ1) is 27.7. The summed E-state index contributed by atoms with van der Waals surface area (Å²) in [5.41, 5.74) is -0.758. The molecule has 2 aromatic rings. The number of hydrogen-bond acceptors (Lipinski definition) is 6. The smallest absolute Gasteiger partial charge is 0.330 e. The first-order valence-electron chi connectivity index (χ1n) is 13.2. The average Bonchev–Trinajstić information content (AvgIpc) is 3.28. The second-order valence-corrected chi connectivity index (χ2v) is 15.4. The predicted molar refractivity (Wildman–Crippen MR) is 147 cm³/mol. The van der Waals surface area contributed by atoms with Crippen molar-refractivity contribution >= 4 is 24.7 Å². The summed E-state index contributed by atoms with van der Waals surface area (Å²) in [6, 6.07) is 21.3. The molecule has 4 rings (SSSR count). The molecule has 0 aromatic heterocycles. The van der Waals surface area contributed by atoms with Crippen molar-refractivity contribution in [2.45, 2.75) is 75.4 Å². The van der Waals surface area contributed by atoms with Crippen molar-refractivity contribution in [1.82, 2.24) is 0 Å². The number of hydrogen-bond donors (Lipinski definition) is 1. The molecular formula is C30H40O6Si. The molecule has 0 spiro atoms.